The predicted molar refractivity (Wildman–Crippen MR) is 75.4 cm³/mol. The summed E-state index contributed by atoms with van der Waals surface area (Å²) in [5.41, 5.74) is 2.60. The van der Waals surface area contributed by atoms with Crippen LogP contribution in [0.4, 0.5) is 0 Å². The summed E-state index contributed by atoms with van der Waals surface area (Å²) in [6.45, 7) is 0.340. The van der Waals surface area contributed by atoms with Gasteiger partial charge in [0.1, 0.15) is 0 Å². The van der Waals surface area contributed by atoms with Crippen LogP contribution in [0.3, 0.4) is 0 Å². The van der Waals surface area contributed by atoms with Crippen LogP contribution in [0.5, 0.6) is 0 Å². The summed E-state index contributed by atoms with van der Waals surface area (Å²) >= 11 is 1.52. The van der Waals surface area contributed by atoms with Crippen LogP contribution in [0.25, 0.3) is 10.2 Å². The number of thiazole rings is 1. The number of hydrogen-bond donors (Lipinski definition) is 2. The number of carbonyl (C=O) groups excluding carboxylic acids is 1. The molecule has 1 aromatic carbocycles. The summed E-state index contributed by atoms with van der Waals surface area (Å²) in [5, 5.41) is 13.0. The smallest absolute Gasteiger partial charge is 0.251 e. The van der Waals surface area contributed by atoms with Gasteiger partial charge in [-0.15, -0.1) is 11.3 Å². The highest BCUT2D eigenvalue weighted by Gasteiger charge is 2.31. The highest BCUT2D eigenvalue weighted by Crippen LogP contribution is 2.28. The Hall–Kier alpha value is -1.46. The predicted octanol–water partition coefficient (Wildman–Crippen LogP) is 2.33. The maximum atomic E-state index is 12.1. The van der Waals surface area contributed by atoms with Crippen LogP contribution in [0.2, 0.25) is 0 Å². The summed E-state index contributed by atoms with van der Waals surface area (Å²) in [6, 6.07) is 5.47. The lowest BCUT2D eigenvalue weighted by atomic mass is 10.0. The van der Waals surface area contributed by atoms with Crippen molar-refractivity contribution in [2.45, 2.75) is 31.3 Å². The van der Waals surface area contributed by atoms with E-state index in [4.69, 9.17) is 0 Å². The van der Waals surface area contributed by atoms with E-state index < -0.39 is 5.60 Å². The molecule has 1 saturated carbocycles. The highest BCUT2D eigenvalue weighted by molar-refractivity contribution is 7.16. The number of fused-ring (bicyclic) bond motifs is 1. The summed E-state index contributed by atoms with van der Waals surface area (Å²) in [7, 11) is 0. The minimum absolute atomic E-state index is 0.129. The molecule has 2 aromatic rings. The number of aromatic nitrogens is 1. The fraction of sp³-hybridized carbons (Fsp3) is 0.429. The molecule has 1 fully saturated rings. The molecule has 0 atom stereocenters. The van der Waals surface area contributed by atoms with Gasteiger partial charge < -0.3 is 10.4 Å². The standard InChI is InChI=1S/C14H16N2O2S/c17-13(15-8-14(18)5-1-2-6-14)10-3-4-11-12(7-10)19-9-16-11/h3-4,7,9,18H,1-2,5-6,8H2,(H,15,17). The number of rotatable bonds is 3. The lowest BCUT2D eigenvalue weighted by Gasteiger charge is -2.22. The molecule has 1 heterocycles. The first-order valence-electron chi connectivity index (χ1n) is 6.50. The van der Waals surface area contributed by atoms with Gasteiger partial charge in [0.15, 0.2) is 0 Å². The van der Waals surface area contributed by atoms with E-state index in [1.807, 2.05) is 12.1 Å². The summed E-state index contributed by atoms with van der Waals surface area (Å²) in [6.07, 6.45) is 3.64. The largest absolute Gasteiger partial charge is 0.388 e. The number of amides is 1. The summed E-state index contributed by atoms with van der Waals surface area (Å²) < 4.78 is 1.01. The van der Waals surface area contributed by atoms with E-state index in [-0.39, 0.29) is 5.91 Å². The van der Waals surface area contributed by atoms with Gasteiger partial charge in [0.25, 0.3) is 5.91 Å². The van der Waals surface area contributed by atoms with Gasteiger partial charge >= 0.3 is 0 Å². The third-order valence-electron chi connectivity index (χ3n) is 3.71. The van der Waals surface area contributed by atoms with Gasteiger partial charge in [0.2, 0.25) is 0 Å². The van der Waals surface area contributed by atoms with Crippen LogP contribution in [0.15, 0.2) is 23.7 Å². The SMILES string of the molecule is O=C(NCC1(O)CCCC1)c1ccc2ncsc2c1. The van der Waals surface area contributed by atoms with E-state index >= 15 is 0 Å². The minimum Gasteiger partial charge on any atom is -0.388 e. The molecule has 0 bridgehead atoms. The molecule has 100 valence electrons. The van der Waals surface area contributed by atoms with Gasteiger partial charge in [-0.05, 0) is 31.0 Å². The fourth-order valence-corrected chi connectivity index (χ4v) is 3.27. The van der Waals surface area contributed by atoms with Gasteiger partial charge in [-0.25, -0.2) is 4.98 Å². The van der Waals surface area contributed by atoms with Crippen molar-refractivity contribution in [3.05, 3.63) is 29.3 Å². The van der Waals surface area contributed by atoms with E-state index in [0.29, 0.717) is 12.1 Å². The zero-order chi connectivity index (χ0) is 13.3. The minimum atomic E-state index is -0.704. The molecule has 0 saturated heterocycles. The Morgan fingerprint density at radius 1 is 1.42 bits per heavy atom. The number of aliphatic hydroxyl groups is 1. The first-order valence-corrected chi connectivity index (χ1v) is 7.38. The van der Waals surface area contributed by atoms with Gasteiger partial charge in [-0.2, -0.15) is 0 Å². The van der Waals surface area contributed by atoms with Crippen LogP contribution in [-0.4, -0.2) is 28.1 Å². The van der Waals surface area contributed by atoms with E-state index in [1.54, 1.807) is 11.6 Å². The molecular weight excluding hydrogens is 260 g/mol. The molecule has 0 spiro atoms. The third-order valence-corrected chi connectivity index (χ3v) is 4.50. The Bertz CT molecular complexity index is 602. The molecule has 1 aromatic heterocycles. The van der Waals surface area contributed by atoms with E-state index in [9.17, 15) is 9.90 Å². The van der Waals surface area contributed by atoms with Gasteiger partial charge in [-0.1, -0.05) is 12.8 Å². The molecule has 2 N–H and O–H groups in total. The number of hydrogen-bond acceptors (Lipinski definition) is 4. The van der Waals surface area contributed by atoms with Gasteiger partial charge in [0.05, 0.1) is 21.3 Å². The van der Waals surface area contributed by atoms with Crippen LogP contribution < -0.4 is 5.32 Å². The van der Waals surface area contributed by atoms with Crippen molar-refractivity contribution in [3.63, 3.8) is 0 Å². The fourth-order valence-electron chi connectivity index (χ4n) is 2.55. The summed E-state index contributed by atoms with van der Waals surface area (Å²) in [4.78, 5) is 16.3. The first kappa shape index (κ1) is 12.6. The topological polar surface area (TPSA) is 62.2 Å². The Balaban J connectivity index is 1.69. The molecule has 19 heavy (non-hydrogen) atoms. The maximum absolute atomic E-state index is 12.1. The second-order valence-corrected chi connectivity index (χ2v) is 6.04. The Labute approximate surface area is 115 Å². The molecule has 0 unspecified atom stereocenters. The zero-order valence-corrected chi connectivity index (χ0v) is 11.4. The van der Waals surface area contributed by atoms with Crippen molar-refractivity contribution in [1.29, 1.82) is 0 Å². The van der Waals surface area contributed by atoms with Crippen LogP contribution >= 0.6 is 11.3 Å². The van der Waals surface area contributed by atoms with Crippen molar-refractivity contribution in [2.75, 3.05) is 6.54 Å². The van der Waals surface area contributed by atoms with Crippen LogP contribution in [0, 0.1) is 0 Å². The number of nitrogens with one attached hydrogen (secondary N) is 1. The molecule has 3 rings (SSSR count). The average molecular weight is 276 g/mol. The van der Waals surface area contributed by atoms with Crippen molar-refractivity contribution in [1.82, 2.24) is 10.3 Å². The molecule has 1 amide bonds. The van der Waals surface area contributed by atoms with Crippen molar-refractivity contribution in [2.24, 2.45) is 0 Å². The number of benzene rings is 1. The van der Waals surface area contributed by atoms with Crippen LogP contribution in [-0.2, 0) is 0 Å². The number of carbonyl (C=O) groups is 1. The first-order chi connectivity index (χ1) is 9.16. The highest BCUT2D eigenvalue weighted by atomic mass is 32.1. The number of nitrogens with zero attached hydrogens (tertiary/aromatic N) is 1. The monoisotopic (exact) mass is 276 g/mol. The second kappa shape index (κ2) is 4.90. The van der Waals surface area contributed by atoms with Crippen molar-refractivity contribution < 1.29 is 9.90 Å². The summed E-state index contributed by atoms with van der Waals surface area (Å²) in [5.74, 6) is -0.129. The Kier molecular flexibility index (Phi) is 3.24. The lowest BCUT2D eigenvalue weighted by Crippen LogP contribution is -2.40. The molecule has 5 heteroatoms. The van der Waals surface area contributed by atoms with E-state index in [0.717, 1.165) is 35.9 Å². The maximum Gasteiger partial charge on any atom is 0.251 e. The van der Waals surface area contributed by atoms with Gasteiger partial charge in [-0.3, -0.25) is 4.79 Å². The molecule has 4 nitrogen and oxygen atoms in total. The molecular formula is C14H16N2O2S. The second-order valence-electron chi connectivity index (χ2n) is 5.15. The molecule has 1 aliphatic carbocycles. The van der Waals surface area contributed by atoms with E-state index in [1.165, 1.54) is 11.3 Å². The van der Waals surface area contributed by atoms with Crippen LogP contribution in [0.1, 0.15) is 36.0 Å². The van der Waals surface area contributed by atoms with Crippen molar-refractivity contribution >= 4 is 27.5 Å². The normalized spacial score (nSPS) is 17.7. The Morgan fingerprint density at radius 3 is 3.00 bits per heavy atom. The average Bonchev–Trinajstić information content (AvgIpc) is 3.04. The lowest BCUT2D eigenvalue weighted by molar-refractivity contribution is 0.0450. The molecule has 0 radical (unpaired) electrons. The van der Waals surface area contributed by atoms with Crippen molar-refractivity contribution in [3.8, 4) is 0 Å². The quantitative estimate of drug-likeness (QED) is 0.904. The van der Waals surface area contributed by atoms with Gasteiger partial charge in [0, 0.05) is 12.1 Å². The zero-order valence-electron chi connectivity index (χ0n) is 10.6. The Morgan fingerprint density at radius 2 is 2.21 bits per heavy atom. The molecule has 0 aliphatic heterocycles. The van der Waals surface area contributed by atoms with E-state index in [2.05, 4.69) is 10.3 Å². The molecule has 1 aliphatic rings. The third kappa shape index (κ3) is 2.62.